The van der Waals surface area contributed by atoms with Crippen LogP contribution in [0.5, 0.6) is 0 Å². The first-order valence-electron chi connectivity index (χ1n) is 8.23. The predicted octanol–water partition coefficient (Wildman–Crippen LogP) is 3.29. The number of nitrogens with zero attached hydrogens (tertiary/aromatic N) is 4. The van der Waals surface area contributed by atoms with E-state index in [4.69, 9.17) is 5.26 Å². The Bertz CT molecular complexity index is 990. The standard InChI is InChI=1S/C20H15N5O/c21-11-14-5-7-16(8-6-14)24-20(26)17-12-23-19(13-22-17)25-10-9-15-3-1-2-4-18(15)25/h1-8,12-13H,9-10H2,(H,24,26). The maximum absolute atomic E-state index is 12.3. The van der Waals surface area contributed by atoms with Crippen LogP contribution < -0.4 is 10.2 Å². The Morgan fingerprint density at radius 2 is 1.88 bits per heavy atom. The van der Waals surface area contributed by atoms with Gasteiger partial charge in [0.1, 0.15) is 5.69 Å². The molecule has 0 saturated heterocycles. The van der Waals surface area contributed by atoms with E-state index in [2.05, 4.69) is 32.3 Å². The topological polar surface area (TPSA) is 81.9 Å². The lowest BCUT2D eigenvalue weighted by Crippen LogP contribution is -2.18. The van der Waals surface area contributed by atoms with Crippen molar-refractivity contribution in [1.82, 2.24) is 9.97 Å². The third-order valence-electron chi connectivity index (χ3n) is 4.31. The highest BCUT2D eigenvalue weighted by molar-refractivity contribution is 6.02. The summed E-state index contributed by atoms with van der Waals surface area (Å²) in [5, 5.41) is 11.6. The van der Waals surface area contributed by atoms with Gasteiger partial charge < -0.3 is 10.2 Å². The number of carbonyl (C=O) groups is 1. The number of para-hydroxylation sites is 1. The van der Waals surface area contributed by atoms with E-state index in [0.29, 0.717) is 11.3 Å². The molecule has 26 heavy (non-hydrogen) atoms. The number of aromatic nitrogens is 2. The Balaban J connectivity index is 1.49. The summed E-state index contributed by atoms with van der Waals surface area (Å²) in [4.78, 5) is 23.1. The fourth-order valence-electron chi connectivity index (χ4n) is 2.98. The van der Waals surface area contributed by atoms with Crippen molar-refractivity contribution < 1.29 is 4.79 Å². The van der Waals surface area contributed by atoms with Crippen LogP contribution in [0, 0.1) is 11.3 Å². The minimum Gasteiger partial charge on any atom is -0.325 e. The summed E-state index contributed by atoms with van der Waals surface area (Å²) in [5.74, 6) is 0.389. The molecule has 1 aliphatic rings. The van der Waals surface area contributed by atoms with E-state index in [1.54, 1.807) is 30.5 Å². The van der Waals surface area contributed by atoms with Gasteiger partial charge in [-0.1, -0.05) is 18.2 Å². The van der Waals surface area contributed by atoms with Crippen molar-refractivity contribution in [2.45, 2.75) is 6.42 Å². The maximum Gasteiger partial charge on any atom is 0.275 e. The van der Waals surface area contributed by atoms with Gasteiger partial charge in [0.25, 0.3) is 5.91 Å². The largest absolute Gasteiger partial charge is 0.325 e. The van der Waals surface area contributed by atoms with E-state index >= 15 is 0 Å². The molecule has 0 radical (unpaired) electrons. The highest BCUT2D eigenvalue weighted by Gasteiger charge is 2.21. The van der Waals surface area contributed by atoms with E-state index in [1.165, 1.54) is 11.8 Å². The zero-order valence-electron chi connectivity index (χ0n) is 13.9. The third kappa shape index (κ3) is 2.98. The van der Waals surface area contributed by atoms with E-state index in [1.807, 2.05) is 18.2 Å². The molecule has 1 N–H and O–H groups in total. The van der Waals surface area contributed by atoms with Crippen molar-refractivity contribution in [2.75, 3.05) is 16.8 Å². The second kappa shape index (κ2) is 6.65. The van der Waals surface area contributed by atoms with Gasteiger partial charge in [-0.05, 0) is 42.3 Å². The molecule has 0 spiro atoms. The molecular weight excluding hydrogens is 326 g/mol. The number of fused-ring (bicyclic) bond motifs is 1. The van der Waals surface area contributed by atoms with Crippen LogP contribution in [0.15, 0.2) is 60.9 Å². The second-order valence-electron chi connectivity index (χ2n) is 5.93. The molecule has 6 nitrogen and oxygen atoms in total. The van der Waals surface area contributed by atoms with Gasteiger partial charge >= 0.3 is 0 Å². The summed E-state index contributed by atoms with van der Waals surface area (Å²) in [6, 6.07) is 16.9. The van der Waals surface area contributed by atoms with E-state index < -0.39 is 0 Å². The first kappa shape index (κ1) is 15.8. The Morgan fingerprint density at radius 1 is 1.08 bits per heavy atom. The van der Waals surface area contributed by atoms with Crippen molar-refractivity contribution in [3.63, 3.8) is 0 Å². The fourth-order valence-corrected chi connectivity index (χ4v) is 2.98. The van der Waals surface area contributed by atoms with Gasteiger partial charge in [0.2, 0.25) is 0 Å². The third-order valence-corrected chi connectivity index (χ3v) is 4.31. The monoisotopic (exact) mass is 341 g/mol. The molecule has 3 aromatic rings. The van der Waals surface area contributed by atoms with E-state index in [9.17, 15) is 4.79 Å². The molecular formula is C20H15N5O. The quantitative estimate of drug-likeness (QED) is 0.790. The van der Waals surface area contributed by atoms with Crippen molar-refractivity contribution >= 4 is 23.1 Å². The van der Waals surface area contributed by atoms with Gasteiger partial charge in [0, 0.05) is 17.9 Å². The first-order chi connectivity index (χ1) is 12.7. The average Bonchev–Trinajstić information content (AvgIpc) is 3.13. The van der Waals surface area contributed by atoms with E-state index in [0.717, 1.165) is 24.5 Å². The Kier molecular flexibility index (Phi) is 4.04. The van der Waals surface area contributed by atoms with Crippen LogP contribution in [0.3, 0.4) is 0 Å². The molecule has 0 atom stereocenters. The Morgan fingerprint density at radius 3 is 2.62 bits per heavy atom. The van der Waals surface area contributed by atoms with Crippen LogP contribution in [-0.2, 0) is 6.42 Å². The van der Waals surface area contributed by atoms with Gasteiger partial charge in [-0.2, -0.15) is 5.26 Å². The normalized spacial score (nSPS) is 12.3. The van der Waals surface area contributed by atoms with Crippen molar-refractivity contribution in [3.8, 4) is 6.07 Å². The van der Waals surface area contributed by atoms with Crippen LogP contribution in [0.4, 0.5) is 17.2 Å². The summed E-state index contributed by atoms with van der Waals surface area (Å²) in [6.07, 6.45) is 4.07. The van der Waals surface area contributed by atoms with Crippen LogP contribution in [0.25, 0.3) is 0 Å². The number of anilines is 3. The molecule has 0 bridgehead atoms. The summed E-state index contributed by atoms with van der Waals surface area (Å²) in [7, 11) is 0. The molecule has 0 saturated carbocycles. The number of hydrogen-bond donors (Lipinski definition) is 1. The maximum atomic E-state index is 12.3. The van der Waals surface area contributed by atoms with Crippen LogP contribution in [0.1, 0.15) is 21.6 Å². The highest BCUT2D eigenvalue weighted by Crippen LogP contribution is 2.32. The molecule has 6 heteroatoms. The average molecular weight is 341 g/mol. The first-order valence-corrected chi connectivity index (χ1v) is 8.23. The number of hydrogen-bond acceptors (Lipinski definition) is 5. The molecule has 0 aliphatic carbocycles. The summed E-state index contributed by atoms with van der Waals surface area (Å²) in [5.41, 5.74) is 3.81. The fraction of sp³-hybridized carbons (Fsp3) is 0.100. The summed E-state index contributed by atoms with van der Waals surface area (Å²) >= 11 is 0. The SMILES string of the molecule is N#Cc1ccc(NC(=O)c2cnc(N3CCc4ccccc43)cn2)cc1. The van der Waals surface area contributed by atoms with Gasteiger partial charge in [-0.25, -0.2) is 9.97 Å². The highest BCUT2D eigenvalue weighted by atomic mass is 16.1. The molecule has 0 fully saturated rings. The van der Waals surface area contributed by atoms with Gasteiger partial charge in [-0.15, -0.1) is 0 Å². The van der Waals surface area contributed by atoms with Crippen molar-refractivity contribution in [3.05, 3.63) is 77.7 Å². The molecule has 0 unspecified atom stereocenters. The Labute approximate surface area is 150 Å². The predicted molar refractivity (Wildman–Crippen MR) is 98.3 cm³/mol. The summed E-state index contributed by atoms with van der Waals surface area (Å²) in [6.45, 7) is 0.852. The molecule has 1 aliphatic heterocycles. The number of nitrogens with one attached hydrogen (secondary N) is 1. The smallest absolute Gasteiger partial charge is 0.275 e. The van der Waals surface area contributed by atoms with Gasteiger partial charge in [0.15, 0.2) is 5.82 Å². The minimum atomic E-state index is -0.337. The summed E-state index contributed by atoms with van der Waals surface area (Å²) < 4.78 is 0. The molecule has 1 amide bonds. The second-order valence-corrected chi connectivity index (χ2v) is 5.93. The zero-order valence-corrected chi connectivity index (χ0v) is 13.9. The number of benzene rings is 2. The molecule has 4 rings (SSSR count). The van der Waals surface area contributed by atoms with Crippen LogP contribution in [-0.4, -0.2) is 22.4 Å². The minimum absolute atomic E-state index is 0.241. The van der Waals surface area contributed by atoms with E-state index in [-0.39, 0.29) is 11.6 Å². The number of amides is 1. The lowest BCUT2D eigenvalue weighted by Gasteiger charge is -2.17. The zero-order chi connectivity index (χ0) is 17.9. The van der Waals surface area contributed by atoms with Gasteiger partial charge in [-0.3, -0.25) is 4.79 Å². The van der Waals surface area contributed by atoms with Crippen molar-refractivity contribution in [2.24, 2.45) is 0 Å². The van der Waals surface area contributed by atoms with Gasteiger partial charge in [0.05, 0.1) is 24.0 Å². The van der Waals surface area contributed by atoms with Crippen LogP contribution >= 0.6 is 0 Å². The number of carbonyl (C=O) groups excluding carboxylic acids is 1. The molecule has 2 aromatic carbocycles. The molecule has 2 heterocycles. The van der Waals surface area contributed by atoms with Crippen LogP contribution in [0.2, 0.25) is 0 Å². The molecule has 1 aromatic heterocycles. The molecule has 126 valence electrons. The van der Waals surface area contributed by atoms with Crippen molar-refractivity contribution in [1.29, 1.82) is 5.26 Å². The number of nitriles is 1. The lowest BCUT2D eigenvalue weighted by atomic mass is 10.2. The number of rotatable bonds is 3. The lowest BCUT2D eigenvalue weighted by molar-refractivity contribution is 0.102. The Hall–Kier alpha value is -3.72.